The number of thiazole rings is 1. The van der Waals surface area contributed by atoms with Crippen molar-refractivity contribution in [3.8, 4) is 5.88 Å². The smallest absolute Gasteiger partial charge is 0.335 e. The van der Waals surface area contributed by atoms with Crippen molar-refractivity contribution >= 4 is 38.6 Å². The number of aromatic carboxylic acids is 1. The maximum absolute atomic E-state index is 14.0. The molecule has 7 nitrogen and oxygen atoms in total. The van der Waals surface area contributed by atoms with Crippen molar-refractivity contribution in [2.45, 2.75) is 6.92 Å². The minimum atomic E-state index is -1.05. The number of anilines is 1. The van der Waals surface area contributed by atoms with E-state index in [1.54, 1.807) is 13.0 Å². The Morgan fingerprint density at radius 3 is 2.84 bits per heavy atom. The van der Waals surface area contributed by atoms with Crippen LogP contribution >= 0.6 is 11.3 Å². The second-order valence-electron chi connectivity index (χ2n) is 4.90. The van der Waals surface area contributed by atoms with Gasteiger partial charge >= 0.3 is 5.97 Å². The zero-order valence-electron chi connectivity index (χ0n) is 12.9. The van der Waals surface area contributed by atoms with Gasteiger partial charge in [0.2, 0.25) is 5.88 Å². The summed E-state index contributed by atoms with van der Waals surface area (Å²) in [7, 11) is 0. The molecule has 9 heteroatoms. The fourth-order valence-corrected chi connectivity index (χ4v) is 2.98. The summed E-state index contributed by atoms with van der Waals surface area (Å²) < 4.78 is 19.7. The van der Waals surface area contributed by atoms with Gasteiger partial charge in [-0.05, 0) is 25.1 Å². The predicted molar refractivity (Wildman–Crippen MR) is 89.9 cm³/mol. The lowest BCUT2D eigenvalue weighted by Crippen LogP contribution is -2.14. The molecule has 0 saturated heterocycles. The van der Waals surface area contributed by atoms with E-state index in [1.807, 2.05) is 0 Å². The lowest BCUT2D eigenvalue weighted by molar-refractivity contribution is 0.0697. The summed E-state index contributed by atoms with van der Waals surface area (Å²) in [5, 5.41) is 11.7. The van der Waals surface area contributed by atoms with Crippen LogP contribution in [-0.2, 0) is 0 Å². The second-order valence-corrected chi connectivity index (χ2v) is 5.93. The lowest BCUT2D eigenvalue weighted by atomic mass is 10.2. The van der Waals surface area contributed by atoms with Gasteiger partial charge in [0, 0.05) is 12.3 Å². The largest absolute Gasteiger partial charge is 0.478 e. The standard InChI is InChI=1S/C16H12FN3O4S/c1-2-24-13-6-10(17)9(7-18-13)14(21)20-16-19-11-4-3-8(15(22)23)5-12(11)25-16/h3-7H,2H2,1H3,(H,22,23)(H,19,20,21). The van der Waals surface area contributed by atoms with E-state index < -0.39 is 17.7 Å². The molecular weight excluding hydrogens is 349 g/mol. The van der Waals surface area contributed by atoms with Crippen molar-refractivity contribution in [3.63, 3.8) is 0 Å². The van der Waals surface area contributed by atoms with Gasteiger partial charge in [-0.25, -0.2) is 19.2 Å². The molecule has 0 radical (unpaired) electrons. The van der Waals surface area contributed by atoms with Crippen LogP contribution in [0.4, 0.5) is 9.52 Å². The van der Waals surface area contributed by atoms with Crippen LogP contribution in [0.25, 0.3) is 10.2 Å². The Morgan fingerprint density at radius 1 is 1.36 bits per heavy atom. The number of aromatic nitrogens is 2. The predicted octanol–water partition coefficient (Wildman–Crippen LogP) is 3.18. The van der Waals surface area contributed by atoms with E-state index >= 15 is 0 Å². The summed E-state index contributed by atoms with van der Waals surface area (Å²) in [6, 6.07) is 5.47. The lowest BCUT2D eigenvalue weighted by Gasteiger charge is -2.05. The van der Waals surface area contributed by atoms with Gasteiger partial charge in [0.15, 0.2) is 5.13 Å². The molecule has 25 heavy (non-hydrogen) atoms. The molecule has 3 aromatic rings. The molecule has 0 aliphatic rings. The number of nitrogens with zero attached hydrogens (tertiary/aromatic N) is 2. The van der Waals surface area contributed by atoms with Gasteiger partial charge in [-0.15, -0.1) is 0 Å². The molecule has 0 aliphatic carbocycles. The molecule has 1 amide bonds. The minimum absolute atomic E-state index is 0.0951. The van der Waals surface area contributed by atoms with Gasteiger partial charge < -0.3 is 9.84 Å². The van der Waals surface area contributed by atoms with Crippen molar-refractivity contribution in [1.82, 2.24) is 9.97 Å². The van der Waals surface area contributed by atoms with E-state index in [0.29, 0.717) is 16.8 Å². The molecule has 128 valence electrons. The number of carboxylic acid groups (broad SMARTS) is 1. The number of benzene rings is 1. The molecule has 0 atom stereocenters. The normalized spacial score (nSPS) is 10.6. The summed E-state index contributed by atoms with van der Waals surface area (Å²) in [6.45, 7) is 2.07. The third-order valence-corrected chi connectivity index (χ3v) is 4.15. The third kappa shape index (κ3) is 3.56. The Labute approximate surface area is 145 Å². The number of hydrogen-bond donors (Lipinski definition) is 2. The van der Waals surface area contributed by atoms with Gasteiger partial charge in [-0.3, -0.25) is 10.1 Å². The van der Waals surface area contributed by atoms with Crippen molar-refractivity contribution in [1.29, 1.82) is 0 Å². The first-order valence-corrected chi connectivity index (χ1v) is 8.03. The maximum atomic E-state index is 14.0. The van der Waals surface area contributed by atoms with E-state index in [0.717, 1.165) is 23.6 Å². The SMILES string of the molecule is CCOc1cc(F)c(C(=O)Nc2nc3ccc(C(=O)O)cc3s2)cn1. The van der Waals surface area contributed by atoms with E-state index in [-0.39, 0.29) is 22.1 Å². The van der Waals surface area contributed by atoms with Crippen LogP contribution in [0, 0.1) is 5.82 Å². The van der Waals surface area contributed by atoms with Gasteiger partial charge in [0.1, 0.15) is 5.82 Å². The van der Waals surface area contributed by atoms with E-state index in [2.05, 4.69) is 15.3 Å². The second kappa shape index (κ2) is 6.81. The first kappa shape index (κ1) is 16.8. The number of carbonyl (C=O) groups is 2. The Bertz CT molecular complexity index is 973. The Hall–Kier alpha value is -3.07. The highest BCUT2D eigenvalue weighted by Gasteiger charge is 2.16. The summed E-state index contributed by atoms with van der Waals surface area (Å²) >= 11 is 1.10. The van der Waals surface area contributed by atoms with Gasteiger partial charge in [-0.2, -0.15) is 0 Å². The number of fused-ring (bicyclic) bond motifs is 1. The van der Waals surface area contributed by atoms with Crippen LogP contribution in [0.5, 0.6) is 5.88 Å². The fourth-order valence-electron chi connectivity index (χ4n) is 2.08. The number of ether oxygens (including phenoxy) is 1. The Balaban J connectivity index is 1.83. The average Bonchev–Trinajstić information content (AvgIpc) is 2.96. The molecular formula is C16H12FN3O4S. The highest BCUT2D eigenvalue weighted by Crippen LogP contribution is 2.27. The molecule has 2 aromatic heterocycles. The first-order chi connectivity index (χ1) is 12.0. The molecule has 2 heterocycles. The van der Waals surface area contributed by atoms with Crippen molar-refractivity contribution < 1.29 is 23.8 Å². The number of pyridine rings is 1. The minimum Gasteiger partial charge on any atom is -0.478 e. The molecule has 0 saturated carbocycles. The molecule has 2 N–H and O–H groups in total. The monoisotopic (exact) mass is 361 g/mol. The van der Waals surface area contributed by atoms with Crippen LogP contribution in [0.2, 0.25) is 0 Å². The summed E-state index contributed by atoms with van der Waals surface area (Å²) in [5.74, 6) is -2.42. The zero-order valence-corrected chi connectivity index (χ0v) is 13.8. The fraction of sp³-hybridized carbons (Fsp3) is 0.125. The Kier molecular flexibility index (Phi) is 4.57. The first-order valence-electron chi connectivity index (χ1n) is 7.21. The van der Waals surface area contributed by atoms with Crippen molar-refractivity contribution in [2.75, 3.05) is 11.9 Å². The van der Waals surface area contributed by atoms with Crippen LogP contribution in [0.1, 0.15) is 27.6 Å². The third-order valence-electron chi connectivity index (χ3n) is 3.22. The summed E-state index contributed by atoms with van der Waals surface area (Å²) in [6.07, 6.45) is 1.09. The molecule has 3 rings (SSSR count). The van der Waals surface area contributed by atoms with Crippen LogP contribution < -0.4 is 10.1 Å². The highest BCUT2D eigenvalue weighted by molar-refractivity contribution is 7.22. The number of carboxylic acids is 1. The molecule has 0 unspecified atom stereocenters. The molecule has 0 bridgehead atoms. The number of carbonyl (C=O) groups excluding carboxylic acids is 1. The van der Waals surface area contributed by atoms with Gasteiger partial charge in [0.25, 0.3) is 5.91 Å². The summed E-state index contributed by atoms with van der Waals surface area (Å²) in [4.78, 5) is 31.2. The van der Waals surface area contributed by atoms with Crippen LogP contribution in [-0.4, -0.2) is 33.6 Å². The quantitative estimate of drug-likeness (QED) is 0.724. The average molecular weight is 361 g/mol. The number of rotatable bonds is 5. The molecule has 0 aliphatic heterocycles. The van der Waals surface area contributed by atoms with E-state index in [4.69, 9.17) is 9.84 Å². The van der Waals surface area contributed by atoms with E-state index in [1.165, 1.54) is 12.1 Å². The Morgan fingerprint density at radius 2 is 2.16 bits per heavy atom. The maximum Gasteiger partial charge on any atom is 0.335 e. The topological polar surface area (TPSA) is 101 Å². The molecule has 0 fully saturated rings. The van der Waals surface area contributed by atoms with Crippen molar-refractivity contribution in [2.24, 2.45) is 0 Å². The number of halogens is 1. The van der Waals surface area contributed by atoms with Crippen molar-refractivity contribution in [3.05, 3.63) is 47.4 Å². The van der Waals surface area contributed by atoms with E-state index in [9.17, 15) is 14.0 Å². The number of nitrogens with one attached hydrogen (secondary N) is 1. The van der Waals surface area contributed by atoms with Crippen LogP contribution in [0.3, 0.4) is 0 Å². The highest BCUT2D eigenvalue weighted by atomic mass is 32.1. The summed E-state index contributed by atoms with van der Waals surface area (Å²) in [5.41, 5.74) is 0.417. The number of hydrogen-bond acceptors (Lipinski definition) is 6. The number of amides is 1. The zero-order chi connectivity index (χ0) is 18.0. The van der Waals surface area contributed by atoms with Gasteiger partial charge in [0.05, 0.1) is 28.0 Å². The van der Waals surface area contributed by atoms with Crippen LogP contribution in [0.15, 0.2) is 30.5 Å². The molecule has 0 spiro atoms. The molecule has 1 aromatic carbocycles. The van der Waals surface area contributed by atoms with Gasteiger partial charge in [-0.1, -0.05) is 11.3 Å².